The summed E-state index contributed by atoms with van der Waals surface area (Å²) in [6.45, 7) is 5.10. The number of aromatic nitrogens is 1. The van der Waals surface area contributed by atoms with Crippen molar-refractivity contribution in [3.05, 3.63) is 18.5 Å². The van der Waals surface area contributed by atoms with E-state index in [0.717, 1.165) is 43.9 Å². The summed E-state index contributed by atoms with van der Waals surface area (Å²) >= 11 is 0. The number of ether oxygens (including phenoxy) is 2. The first-order valence-corrected chi connectivity index (χ1v) is 8.97. The van der Waals surface area contributed by atoms with Crippen LogP contribution >= 0.6 is 0 Å². The van der Waals surface area contributed by atoms with Crippen molar-refractivity contribution in [2.75, 3.05) is 36.5 Å². The van der Waals surface area contributed by atoms with Gasteiger partial charge in [-0.3, -0.25) is 9.78 Å². The van der Waals surface area contributed by atoms with Crippen molar-refractivity contribution < 1.29 is 14.3 Å². The molecule has 2 saturated heterocycles. The Morgan fingerprint density at radius 3 is 3.00 bits per heavy atom. The number of nitrogens with zero attached hydrogens (tertiary/aromatic N) is 2. The van der Waals surface area contributed by atoms with E-state index in [9.17, 15) is 4.79 Å². The molecule has 0 radical (unpaired) electrons. The minimum Gasteiger partial charge on any atom is -0.376 e. The summed E-state index contributed by atoms with van der Waals surface area (Å²) in [6, 6.07) is 1.97. The molecule has 1 N–H and O–H groups in total. The maximum atomic E-state index is 12.4. The molecule has 3 rings (SSSR count). The molecule has 6 heteroatoms. The Morgan fingerprint density at radius 2 is 2.25 bits per heavy atom. The van der Waals surface area contributed by atoms with E-state index in [-0.39, 0.29) is 12.0 Å². The smallest absolute Gasteiger partial charge is 0.253 e. The van der Waals surface area contributed by atoms with Crippen molar-refractivity contribution in [2.45, 2.75) is 51.2 Å². The third-order valence-electron chi connectivity index (χ3n) is 4.68. The van der Waals surface area contributed by atoms with E-state index in [1.54, 1.807) is 19.3 Å². The Labute approximate surface area is 143 Å². The van der Waals surface area contributed by atoms with Crippen molar-refractivity contribution in [3.63, 3.8) is 0 Å². The normalized spacial score (nSPS) is 22.4. The van der Waals surface area contributed by atoms with Gasteiger partial charge in [0, 0.05) is 25.9 Å². The number of pyridine rings is 1. The highest BCUT2D eigenvalue weighted by Crippen LogP contribution is 2.27. The Morgan fingerprint density at radius 1 is 1.42 bits per heavy atom. The predicted octanol–water partition coefficient (Wildman–Crippen LogP) is 2.59. The first kappa shape index (κ1) is 17.2. The minimum absolute atomic E-state index is 0.127. The van der Waals surface area contributed by atoms with Crippen LogP contribution in [0.2, 0.25) is 0 Å². The molecule has 2 aliphatic heterocycles. The number of anilines is 2. The summed E-state index contributed by atoms with van der Waals surface area (Å²) in [4.78, 5) is 18.9. The van der Waals surface area contributed by atoms with Crippen LogP contribution in [0.15, 0.2) is 18.5 Å². The zero-order valence-electron chi connectivity index (χ0n) is 14.4. The van der Waals surface area contributed by atoms with Gasteiger partial charge in [0.15, 0.2) is 0 Å². The molecule has 0 saturated carbocycles. The number of carbonyl (C=O) groups excluding carboxylic acids is 1. The Bertz CT molecular complexity index is 540. The zero-order chi connectivity index (χ0) is 16.8. The van der Waals surface area contributed by atoms with Gasteiger partial charge >= 0.3 is 0 Å². The van der Waals surface area contributed by atoms with E-state index >= 15 is 0 Å². The molecular formula is C18H27N3O3. The summed E-state index contributed by atoms with van der Waals surface area (Å²) in [5.41, 5.74) is 1.81. The van der Waals surface area contributed by atoms with E-state index in [1.807, 2.05) is 6.07 Å². The lowest BCUT2D eigenvalue weighted by Gasteiger charge is -2.30. The molecule has 132 valence electrons. The van der Waals surface area contributed by atoms with Crippen LogP contribution in [0.3, 0.4) is 0 Å². The first-order chi connectivity index (χ1) is 11.7. The predicted molar refractivity (Wildman–Crippen MR) is 93.3 cm³/mol. The first-order valence-electron chi connectivity index (χ1n) is 8.97. The fraction of sp³-hybridized carbons (Fsp3) is 0.667. The molecule has 6 nitrogen and oxygen atoms in total. The van der Waals surface area contributed by atoms with Crippen LogP contribution in [-0.2, 0) is 14.3 Å². The quantitative estimate of drug-likeness (QED) is 0.867. The van der Waals surface area contributed by atoms with Gasteiger partial charge in [-0.2, -0.15) is 0 Å². The third kappa shape index (κ3) is 4.45. The Kier molecular flexibility index (Phi) is 6.04. The molecule has 2 atom stereocenters. The molecule has 1 aromatic heterocycles. The lowest BCUT2D eigenvalue weighted by Crippen LogP contribution is -2.33. The molecule has 0 aliphatic carbocycles. The van der Waals surface area contributed by atoms with Crippen LogP contribution in [0, 0.1) is 0 Å². The maximum absolute atomic E-state index is 12.4. The Balaban J connectivity index is 1.57. The average molecular weight is 333 g/mol. The topological polar surface area (TPSA) is 63.7 Å². The van der Waals surface area contributed by atoms with Gasteiger partial charge in [0.2, 0.25) is 0 Å². The summed E-state index contributed by atoms with van der Waals surface area (Å²) in [6.07, 6.45) is 8.85. The molecular weight excluding hydrogens is 306 g/mol. The largest absolute Gasteiger partial charge is 0.376 e. The second-order valence-corrected chi connectivity index (χ2v) is 6.54. The molecule has 0 spiro atoms. The molecule has 24 heavy (non-hydrogen) atoms. The monoisotopic (exact) mass is 333 g/mol. The van der Waals surface area contributed by atoms with E-state index in [2.05, 4.69) is 15.2 Å². The fourth-order valence-corrected chi connectivity index (χ4v) is 3.23. The van der Waals surface area contributed by atoms with E-state index < -0.39 is 6.10 Å². The fourth-order valence-electron chi connectivity index (χ4n) is 3.23. The second kappa shape index (κ2) is 8.44. The highest BCUT2D eigenvalue weighted by atomic mass is 16.5. The number of nitrogens with one attached hydrogen (secondary N) is 1. The maximum Gasteiger partial charge on any atom is 0.253 e. The van der Waals surface area contributed by atoms with Gasteiger partial charge in [0.1, 0.15) is 6.10 Å². The van der Waals surface area contributed by atoms with Crippen molar-refractivity contribution in [3.8, 4) is 0 Å². The molecule has 1 aromatic rings. The van der Waals surface area contributed by atoms with E-state index in [1.165, 1.54) is 19.3 Å². The number of amides is 1. The third-order valence-corrected chi connectivity index (χ3v) is 4.68. The van der Waals surface area contributed by atoms with Gasteiger partial charge in [-0.05, 0) is 45.1 Å². The highest BCUT2D eigenvalue weighted by Gasteiger charge is 2.21. The van der Waals surface area contributed by atoms with Crippen molar-refractivity contribution in [1.82, 2.24) is 4.98 Å². The molecule has 2 aliphatic rings. The molecule has 0 bridgehead atoms. The number of hydrogen-bond donors (Lipinski definition) is 1. The summed E-state index contributed by atoms with van der Waals surface area (Å²) < 4.78 is 11.2. The van der Waals surface area contributed by atoms with Gasteiger partial charge in [0.25, 0.3) is 5.91 Å². The SMILES string of the molecule is C[C@@H](OC[C@H]1CCCO1)C(=O)Nc1cnccc1N1CCCCC1. The molecule has 1 amide bonds. The van der Waals surface area contributed by atoms with E-state index in [0.29, 0.717) is 6.61 Å². The van der Waals surface area contributed by atoms with Crippen LogP contribution in [0.25, 0.3) is 0 Å². The second-order valence-electron chi connectivity index (χ2n) is 6.54. The number of carbonyl (C=O) groups is 1. The van der Waals surface area contributed by atoms with Crippen molar-refractivity contribution in [1.29, 1.82) is 0 Å². The van der Waals surface area contributed by atoms with E-state index in [4.69, 9.17) is 9.47 Å². The summed E-state index contributed by atoms with van der Waals surface area (Å²) in [5.74, 6) is -0.140. The standard InChI is InChI=1S/C18H27N3O3/c1-14(24-13-15-6-5-11-23-15)18(22)20-16-12-19-8-7-17(16)21-9-3-2-4-10-21/h7-8,12,14-15H,2-6,9-11,13H2,1H3,(H,20,22)/t14-,15-/m1/s1. The number of piperidine rings is 1. The summed E-state index contributed by atoms with van der Waals surface area (Å²) in [5, 5.41) is 2.97. The van der Waals surface area contributed by atoms with Crippen LogP contribution in [-0.4, -0.2) is 49.4 Å². The Hall–Kier alpha value is -1.66. The van der Waals surface area contributed by atoms with Crippen LogP contribution in [0.1, 0.15) is 39.0 Å². The van der Waals surface area contributed by atoms with Gasteiger partial charge in [-0.25, -0.2) is 0 Å². The van der Waals surface area contributed by atoms with Crippen LogP contribution in [0.5, 0.6) is 0 Å². The summed E-state index contributed by atoms with van der Waals surface area (Å²) in [7, 11) is 0. The van der Waals surface area contributed by atoms with Crippen molar-refractivity contribution in [2.24, 2.45) is 0 Å². The molecule has 0 unspecified atom stereocenters. The zero-order valence-corrected chi connectivity index (χ0v) is 14.4. The van der Waals surface area contributed by atoms with Gasteiger partial charge in [-0.1, -0.05) is 0 Å². The van der Waals surface area contributed by atoms with Crippen LogP contribution < -0.4 is 10.2 Å². The minimum atomic E-state index is -0.511. The number of rotatable bonds is 6. The molecule has 3 heterocycles. The highest BCUT2D eigenvalue weighted by molar-refractivity contribution is 5.96. The average Bonchev–Trinajstić information content (AvgIpc) is 3.14. The van der Waals surface area contributed by atoms with Crippen molar-refractivity contribution >= 4 is 17.3 Å². The molecule has 0 aromatic carbocycles. The lowest BCUT2D eigenvalue weighted by atomic mass is 10.1. The molecule has 2 fully saturated rings. The van der Waals surface area contributed by atoms with Crippen LogP contribution in [0.4, 0.5) is 11.4 Å². The lowest BCUT2D eigenvalue weighted by molar-refractivity contribution is -0.128. The van der Waals surface area contributed by atoms with Gasteiger partial charge in [0.05, 0.1) is 30.3 Å². The number of hydrogen-bond acceptors (Lipinski definition) is 5. The van der Waals surface area contributed by atoms with Gasteiger partial charge < -0.3 is 19.7 Å². The van der Waals surface area contributed by atoms with Gasteiger partial charge in [-0.15, -0.1) is 0 Å².